The summed E-state index contributed by atoms with van der Waals surface area (Å²) in [5, 5.41) is 0. The molecule has 0 N–H and O–H groups in total. The average molecular weight is 323 g/mol. The van der Waals surface area contributed by atoms with Crippen LogP contribution in [0.2, 0.25) is 0 Å². The predicted octanol–water partition coefficient (Wildman–Crippen LogP) is 5.18. The number of hydrogen-bond acceptors (Lipinski definition) is 2. The van der Waals surface area contributed by atoms with Crippen molar-refractivity contribution in [2.24, 2.45) is 11.8 Å². The van der Waals surface area contributed by atoms with Gasteiger partial charge in [0.15, 0.2) is 0 Å². The smallest absolute Gasteiger partial charge is 0.000960 e. The Morgan fingerprint density at radius 2 is 0.957 bits per heavy atom. The zero-order valence-electron chi connectivity index (χ0n) is 16.1. The van der Waals surface area contributed by atoms with Gasteiger partial charge in [0.05, 0.1) is 0 Å². The minimum Gasteiger partial charge on any atom is -0.306 e. The zero-order valence-corrected chi connectivity index (χ0v) is 16.1. The minimum absolute atomic E-state index is 1.03. The van der Waals surface area contributed by atoms with Crippen molar-refractivity contribution in [2.45, 2.75) is 83.5 Å². The van der Waals surface area contributed by atoms with Gasteiger partial charge in [-0.15, -0.1) is 0 Å². The van der Waals surface area contributed by atoms with Crippen molar-refractivity contribution in [3.05, 3.63) is 0 Å². The summed E-state index contributed by atoms with van der Waals surface area (Å²) >= 11 is 0. The van der Waals surface area contributed by atoms with Crippen molar-refractivity contribution in [3.63, 3.8) is 0 Å². The highest BCUT2D eigenvalue weighted by molar-refractivity contribution is 4.69. The van der Waals surface area contributed by atoms with Gasteiger partial charge in [-0.05, 0) is 71.4 Å². The van der Waals surface area contributed by atoms with E-state index in [0.717, 1.165) is 11.8 Å². The number of nitrogens with zero attached hydrogens (tertiary/aromatic N) is 2. The van der Waals surface area contributed by atoms with Crippen molar-refractivity contribution in [2.75, 3.05) is 40.3 Å². The molecule has 0 saturated heterocycles. The van der Waals surface area contributed by atoms with E-state index in [2.05, 4.69) is 23.9 Å². The maximum Gasteiger partial charge on any atom is -0.000960 e. The molecule has 0 atom stereocenters. The Morgan fingerprint density at radius 3 is 1.35 bits per heavy atom. The molecule has 2 rings (SSSR count). The maximum absolute atomic E-state index is 2.57. The fourth-order valence-electron chi connectivity index (χ4n) is 4.59. The van der Waals surface area contributed by atoms with Crippen LogP contribution < -0.4 is 0 Å². The fraction of sp³-hybridized carbons (Fsp3) is 1.00. The molecule has 0 amide bonds. The van der Waals surface area contributed by atoms with E-state index in [1.807, 2.05) is 0 Å². The third kappa shape index (κ3) is 8.54. The van der Waals surface area contributed by atoms with Crippen molar-refractivity contribution >= 4 is 0 Å². The van der Waals surface area contributed by atoms with Crippen LogP contribution in [-0.2, 0) is 0 Å². The molecular formula is C21H42N2. The summed E-state index contributed by atoms with van der Waals surface area (Å²) in [4.78, 5) is 5.15. The molecule has 0 unspecified atom stereocenters. The summed E-state index contributed by atoms with van der Waals surface area (Å²) in [6.45, 7) is 5.19. The Labute approximate surface area is 146 Å². The molecule has 0 radical (unpaired) electrons. The van der Waals surface area contributed by atoms with Crippen LogP contribution in [0.15, 0.2) is 0 Å². The SMILES string of the molecule is CN(CCCN(C)CCC1CCCCC1)CCC1CCCCC1. The van der Waals surface area contributed by atoms with Gasteiger partial charge >= 0.3 is 0 Å². The molecule has 2 aliphatic rings. The largest absolute Gasteiger partial charge is 0.306 e. The van der Waals surface area contributed by atoms with Crippen LogP contribution in [0, 0.1) is 11.8 Å². The lowest BCUT2D eigenvalue weighted by Crippen LogP contribution is -2.28. The van der Waals surface area contributed by atoms with E-state index in [4.69, 9.17) is 0 Å². The van der Waals surface area contributed by atoms with Gasteiger partial charge in [-0.25, -0.2) is 0 Å². The van der Waals surface area contributed by atoms with Gasteiger partial charge in [-0.1, -0.05) is 64.2 Å². The highest BCUT2D eigenvalue weighted by Gasteiger charge is 2.15. The lowest BCUT2D eigenvalue weighted by Gasteiger charge is -2.26. The zero-order chi connectivity index (χ0) is 16.3. The molecule has 0 heterocycles. The molecule has 2 fully saturated rings. The molecule has 0 aromatic rings. The van der Waals surface area contributed by atoms with Crippen molar-refractivity contribution in [1.82, 2.24) is 9.80 Å². The molecular weight excluding hydrogens is 280 g/mol. The molecule has 2 nitrogen and oxygen atoms in total. The summed E-state index contributed by atoms with van der Waals surface area (Å²) in [7, 11) is 4.65. The Bertz CT molecular complexity index is 252. The monoisotopic (exact) mass is 322 g/mol. The molecule has 0 spiro atoms. The van der Waals surface area contributed by atoms with Gasteiger partial charge in [0.25, 0.3) is 0 Å². The quantitative estimate of drug-likeness (QED) is 0.547. The first-order valence-electron chi connectivity index (χ1n) is 10.6. The summed E-state index contributed by atoms with van der Waals surface area (Å²) < 4.78 is 0. The van der Waals surface area contributed by atoms with Crippen LogP contribution in [-0.4, -0.2) is 50.1 Å². The Kier molecular flexibility index (Phi) is 9.60. The third-order valence-electron chi connectivity index (χ3n) is 6.37. The summed E-state index contributed by atoms with van der Waals surface area (Å²) in [5.74, 6) is 2.06. The Hall–Kier alpha value is -0.0800. The van der Waals surface area contributed by atoms with E-state index in [9.17, 15) is 0 Å². The second-order valence-corrected chi connectivity index (χ2v) is 8.55. The van der Waals surface area contributed by atoms with Crippen molar-refractivity contribution < 1.29 is 0 Å². The van der Waals surface area contributed by atoms with Crippen LogP contribution in [0.25, 0.3) is 0 Å². The normalized spacial score (nSPS) is 21.4. The van der Waals surface area contributed by atoms with Crippen LogP contribution >= 0.6 is 0 Å². The van der Waals surface area contributed by atoms with E-state index in [-0.39, 0.29) is 0 Å². The highest BCUT2D eigenvalue weighted by Crippen LogP contribution is 2.27. The van der Waals surface area contributed by atoms with Crippen molar-refractivity contribution in [1.29, 1.82) is 0 Å². The van der Waals surface area contributed by atoms with Gasteiger partial charge in [-0.3, -0.25) is 0 Å². The summed E-state index contributed by atoms with van der Waals surface area (Å²) in [5.41, 5.74) is 0. The molecule has 0 aromatic carbocycles. The van der Waals surface area contributed by atoms with Gasteiger partial charge in [0, 0.05) is 0 Å². The lowest BCUT2D eigenvalue weighted by atomic mass is 9.87. The minimum atomic E-state index is 1.03. The van der Waals surface area contributed by atoms with Crippen LogP contribution in [0.5, 0.6) is 0 Å². The van der Waals surface area contributed by atoms with Crippen LogP contribution in [0.3, 0.4) is 0 Å². The van der Waals surface area contributed by atoms with E-state index in [0.29, 0.717) is 0 Å². The molecule has 23 heavy (non-hydrogen) atoms. The van der Waals surface area contributed by atoms with E-state index < -0.39 is 0 Å². The Balaban J connectivity index is 1.44. The van der Waals surface area contributed by atoms with Crippen LogP contribution in [0.1, 0.15) is 83.5 Å². The molecule has 0 bridgehead atoms. The van der Waals surface area contributed by atoms with Gasteiger partial charge < -0.3 is 9.80 Å². The first kappa shape index (κ1) is 19.2. The number of rotatable bonds is 10. The van der Waals surface area contributed by atoms with E-state index in [1.54, 1.807) is 0 Å². The van der Waals surface area contributed by atoms with Crippen molar-refractivity contribution in [3.8, 4) is 0 Å². The summed E-state index contributed by atoms with van der Waals surface area (Å²) in [6, 6.07) is 0. The standard InChI is InChI=1S/C21H42N2/c1-22(18-14-20-10-5-3-6-11-20)16-9-17-23(2)19-15-21-12-7-4-8-13-21/h20-21H,3-19H2,1-2H3. The van der Waals surface area contributed by atoms with E-state index >= 15 is 0 Å². The maximum atomic E-state index is 2.57. The third-order valence-corrected chi connectivity index (χ3v) is 6.37. The average Bonchev–Trinajstić information content (AvgIpc) is 2.60. The molecule has 0 aromatic heterocycles. The lowest BCUT2D eigenvalue weighted by molar-refractivity contribution is 0.234. The first-order chi connectivity index (χ1) is 11.2. The Morgan fingerprint density at radius 1 is 0.565 bits per heavy atom. The van der Waals surface area contributed by atoms with Gasteiger partial charge in [0.2, 0.25) is 0 Å². The second-order valence-electron chi connectivity index (χ2n) is 8.55. The number of hydrogen-bond donors (Lipinski definition) is 0. The highest BCUT2D eigenvalue weighted by atomic mass is 15.1. The second kappa shape index (κ2) is 11.5. The fourth-order valence-corrected chi connectivity index (χ4v) is 4.59. The molecule has 2 aliphatic carbocycles. The van der Waals surface area contributed by atoms with Gasteiger partial charge in [0.1, 0.15) is 0 Å². The predicted molar refractivity (Wildman–Crippen MR) is 102 cm³/mol. The first-order valence-corrected chi connectivity index (χ1v) is 10.6. The summed E-state index contributed by atoms with van der Waals surface area (Å²) in [6.07, 6.45) is 19.1. The molecule has 2 saturated carbocycles. The topological polar surface area (TPSA) is 6.48 Å². The van der Waals surface area contributed by atoms with E-state index in [1.165, 1.54) is 110 Å². The van der Waals surface area contributed by atoms with Gasteiger partial charge in [-0.2, -0.15) is 0 Å². The van der Waals surface area contributed by atoms with Crippen LogP contribution in [0.4, 0.5) is 0 Å². The molecule has 0 aliphatic heterocycles. The molecule has 2 heteroatoms. The molecule has 136 valence electrons.